The first-order valence-electron chi connectivity index (χ1n) is 2.55. The van der Waals surface area contributed by atoms with Crippen LogP contribution in [0.3, 0.4) is 0 Å². The smallest absolute Gasteiger partial charge is 0.0805 e. The standard InChI is InChI=1S/C6H7IOS/c1-8-3-6-2-5(7)4-9-6/h2,4H,3H2,1H3. The predicted molar refractivity (Wildman–Crippen MR) is 47.7 cm³/mol. The number of thiophene rings is 1. The van der Waals surface area contributed by atoms with Crippen molar-refractivity contribution in [2.45, 2.75) is 6.61 Å². The minimum Gasteiger partial charge on any atom is -0.379 e. The van der Waals surface area contributed by atoms with Gasteiger partial charge in [0, 0.05) is 20.9 Å². The second-order valence-electron chi connectivity index (χ2n) is 1.66. The lowest BCUT2D eigenvalue weighted by atomic mass is 10.5. The van der Waals surface area contributed by atoms with E-state index in [2.05, 4.69) is 34.0 Å². The lowest BCUT2D eigenvalue weighted by Gasteiger charge is -1.89. The summed E-state index contributed by atoms with van der Waals surface area (Å²) in [6.45, 7) is 0.744. The van der Waals surface area contributed by atoms with Crippen molar-refractivity contribution in [2.24, 2.45) is 0 Å². The maximum absolute atomic E-state index is 4.95. The number of rotatable bonds is 2. The first kappa shape index (κ1) is 7.50. The highest BCUT2D eigenvalue weighted by Crippen LogP contribution is 2.16. The van der Waals surface area contributed by atoms with Gasteiger partial charge in [-0.25, -0.2) is 0 Å². The average Bonchev–Trinajstić information content (AvgIpc) is 2.17. The van der Waals surface area contributed by atoms with E-state index >= 15 is 0 Å². The molecule has 3 heteroatoms. The molecule has 0 radical (unpaired) electrons. The van der Waals surface area contributed by atoms with E-state index in [4.69, 9.17) is 4.74 Å². The van der Waals surface area contributed by atoms with E-state index in [1.807, 2.05) is 0 Å². The highest BCUT2D eigenvalue weighted by molar-refractivity contribution is 14.1. The van der Waals surface area contributed by atoms with Gasteiger partial charge in [-0.1, -0.05) is 0 Å². The van der Waals surface area contributed by atoms with Crippen LogP contribution >= 0.6 is 33.9 Å². The molecule has 9 heavy (non-hydrogen) atoms. The molecule has 0 amide bonds. The monoisotopic (exact) mass is 254 g/mol. The molecule has 0 atom stereocenters. The summed E-state index contributed by atoms with van der Waals surface area (Å²) in [5, 5.41) is 2.12. The van der Waals surface area contributed by atoms with E-state index in [9.17, 15) is 0 Å². The molecule has 1 nitrogen and oxygen atoms in total. The van der Waals surface area contributed by atoms with Crippen LogP contribution in [0.4, 0.5) is 0 Å². The van der Waals surface area contributed by atoms with E-state index in [0.29, 0.717) is 0 Å². The topological polar surface area (TPSA) is 9.23 Å². The van der Waals surface area contributed by atoms with Crippen LogP contribution in [0.1, 0.15) is 4.88 Å². The third kappa shape index (κ3) is 2.23. The maximum Gasteiger partial charge on any atom is 0.0805 e. The highest BCUT2D eigenvalue weighted by Gasteiger charge is 1.93. The van der Waals surface area contributed by atoms with Gasteiger partial charge in [0.25, 0.3) is 0 Å². The average molecular weight is 254 g/mol. The van der Waals surface area contributed by atoms with Crippen molar-refractivity contribution in [3.05, 3.63) is 19.9 Å². The first-order chi connectivity index (χ1) is 4.33. The number of hydrogen-bond acceptors (Lipinski definition) is 2. The summed E-state index contributed by atoms with van der Waals surface area (Å²) in [6.07, 6.45) is 0. The Bertz CT molecular complexity index is 185. The molecule has 0 fully saturated rings. The molecule has 1 heterocycles. The lowest BCUT2D eigenvalue weighted by Crippen LogP contribution is -1.79. The van der Waals surface area contributed by atoms with Crippen molar-refractivity contribution in [3.63, 3.8) is 0 Å². The van der Waals surface area contributed by atoms with E-state index in [-0.39, 0.29) is 0 Å². The van der Waals surface area contributed by atoms with Crippen LogP contribution in [0.5, 0.6) is 0 Å². The Morgan fingerprint density at radius 1 is 1.78 bits per heavy atom. The highest BCUT2D eigenvalue weighted by atomic mass is 127. The van der Waals surface area contributed by atoms with Crippen molar-refractivity contribution < 1.29 is 4.74 Å². The van der Waals surface area contributed by atoms with Crippen molar-refractivity contribution >= 4 is 33.9 Å². The van der Waals surface area contributed by atoms with E-state index in [1.165, 1.54) is 8.45 Å². The van der Waals surface area contributed by atoms with E-state index in [1.54, 1.807) is 18.4 Å². The Morgan fingerprint density at radius 3 is 3.00 bits per heavy atom. The molecule has 0 aliphatic carbocycles. The van der Waals surface area contributed by atoms with Crippen LogP contribution in [-0.2, 0) is 11.3 Å². The molecule has 50 valence electrons. The Labute approximate surface area is 72.2 Å². The lowest BCUT2D eigenvalue weighted by molar-refractivity contribution is 0.187. The van der Waals surface area contributed by atoms with Gasteiger partial charge in [0.1, 0.15) is 0 Å². The molecule has 0 saturated heterocycles. The van der Waals surface area contributed by atoms with Crippen molar-refractivity contribution in [2.75, 3.05) is 7.11 Å². The molecule has 0 saturated carbocycles. The molecule has 1 aromatic heterocycles. The van der Waals surface area contributed by atoms with Crippen LogP contribution in [0.2, 0.25) is 0 Å². The molecule has 0 aliphatic rings. The molecule has 1 rings (SSSR count). The van der Waals surface area contributed by atoms with E-state index < -0.39 is 0 Å². The van der Waals surface area contributed by atoms with Crippen LogP contribution in [0, 0.1) is 3.57 Å². The molecule has 0 aromatic carbocycles. The SMILES string of the molecule is COCc1cc(I)cs1. The van der Waals surface area contributed by atoms with Gasteiger partial charge in [-0.15, -0.1) is 11.3 Å². The fourth-order valence-corrected chi connectivity index (χ4v) is 2.25. The van der Waals surface area contributed by atoms with Crippen molar-refractivity contribution in [3.8, 4) is 0 Å². The molecule has 1 aromatic rings. The number of hydrogen-bond donors (Lipinski definition) is 0. The molecule has 0 aliphatic heterocycles. The predicted octanol–water partition coefficient (Wildman–Crippen LogP) is 2.50. The summed E-state index contributed by atoms with van der Waals surface area (Å²) < 4.78 is 6.24. The quantitative estimate of drug-likeness (QED) is 0.737. The Hall–Kier alpha value is 0.390. The molecule has 0 N–H and O–H groups in total. The second kappa shape index (κ2) is 3.53. The Balaban J connectivity index is 2.61. The van der Waals surface area contributed by atoms with E-state index in [0.717, 1.165) is 6.61 Å². The van der Waals surface area contributed by atoms with Crippen LogP contribution < -0.4 is 0 Å². The molecule has 0 bridgehead atoms. The third-order valence-corrected chi connectivity index (χ3v) is 2.86. The first-order valence-corrected chi connectivity index (χ1v) is 4.50. The molecule has 0 spiro atoms. The molecular formula is C6H7IOS. The van der Waals surface area contributed by atoms with Crippen molar-refractivity contribution in [1.29, 1.82) is 0 Å². The molecule has 0 unspecified atom stereocenters. The van der Waals surface area contributed by atoms with Gasteiger partial charge in [0.2, 0.25) is 0 Å². The summed E-state index contributed by atoms with van der Waals surface area (Å²) in [7, 11) is 1.71. The number of halogens is 1. The summed E-state index contributed by atoms with van der Waals surface area (Å²) in [5.41, 5.74) is 0. The fourth-order valence-electron chi connectivity index (χ4n) is 0.572. The van der Waals surface area contributed by atoms with Gasteiger partial charge >= 0.3 is 0 Å². The fraction of sp³-hybridized carbons (Fsp3) is 0.333. The maximum atomic E-state index is 4.95. The zero-order valence-corrected chi connectivity index (χ0v) is 8.03. The zero-order valence-electron chi connectivity index (χ0n) is 5.06. The van der Waals surface area contributed by atoms with Gasteiger partial charge in [0.05, 0.1) is 6.61 Å². The number of methoxy groups -OCH3 is 1. The minimum absolute atomic E-state index is 0.744. The summed E-state index contributed by atoms with van der Waals surface area (Å²) in [6, 6.07) is 2.13. The molecular weight excluding hydrogens is 247 g/mol. The Morgan fingerprint density at radius 2 is 2.56 bits per heavy atom. The zero-order chi connectivity index (χ0) is 6.69. The van der Waals surface area contributed by atoms with Gasteiger partial charge in [-0.2, -0.15) is 0 Å². The second-order valence-corrected chi connectivity index (χ2v) is 3.91. The van der Waals surface area contributed by atoms with Gasteiger partial charge in [-0.3, -0.25) is 0 Å². The third-order valence-electron chi connectivity index (χ3n) is 0.908. The summed E-state index contributed by atoms with van der Waals surface area (Å²) in [4.78, 5) is 1.29. The normalized spacial score (nSPS) is 10.0. The van der Waals surface area contributed by atoms with Gasteiger partial charge in [-0.05, 0) is 28.7 Å². The Kier molecular flexibility index (Phi) is 2.94. The number of ether oxygens (including phenoxy) is 1. The largest absolute Gasteiger partial charge is 0.379 e. The minimum atomic E-state index is 0.744. The van der Waals surface area contributed by atoms with Crippen LogP contribution in [0.25, 0.3) is 0 Å². The van der Waals surface area contributed by atoms with Crippen LogP contribution in [-0.4, -0.2) is 7.11 Å². The summed E-state index contributed by atoms with van der Waals surface area (Å²) >= 11 is 4.04. The van der Waals surface area contributed by atoms with Gasteiger partial charge < -0.3 is 4.74 Å². The van der Waals surface area contributed by atoms with Gasteiger partial charge in [0.15, 0.2) is 0 Å². The van der Waals surface area contributed by atoms with Crippen LogP contribution in [0.15, 0.2) is 11.4 Å². The summed E-state index contributed by atoms with van der Waals surface area (Å²) in [5.74, 6) is 0. The van der Waals surface area contributed by atoms with Crippen molar-refractivity contribution in [1.82, 2.24) is 0 Å².